The third-order valence-electron chi connectivity index (χ3n) is 6.74. The van der Waals surface area contributed by atoms with Crippen molar-refractivity contribution in [2.24, 2.45) is 7.05 Å². The van der Waals surface area contributed by atoms with Gasteiger partial charge in [-0.2, -0.15) is 0 Å². The van der Waals surface area contributed by atoms with Gasteiger partial charge in [0.15, 0.2) is 0 Å². The summed E-state index contributed by atoms with van der Waals surface area (Å²) in [7, 11) is 2.05. The summed E-state index contributed by atoms with van der Waals surface area (Å²) in [6.45, 7) is 6.36. The van der Waals surface area contributed by atoms with E-state index in [4.69, 9.17) is 0 Å². The number of carbonyl (C=O) groups excluding carboxylic acids is 2. The second-order valence-electron chi connectivity index (χ2n) is 8.96. The number of hydrogen-bond donors (Lipinski definition) is 1. The summed E-state index contributed by atoms with van der Waals surface area (Å²) < 4.78 is 2.17. The Morgan fingerprint density at radius 1 is 1.09 bits per heavy atom. The molecule has 1 aromatic heterocycles. The first kappa shape index (κ1) is 22.1. The predicted octanol–water partition coefficient (Wildman–Crippen LogP) is 5.12. The van der Waals surface area contributed by atoms with Gasteiger partial charge in [0.2, 0.25) is 5.91 Å². The molecular formula is C27H33N3O2. The average molecular weight is 432 g/mol. The molecule has 4 rings (SSSR count). The topological polar surface area (TPSA) is 54.3 Å². The molecule has 0 spiro atoms. The van der Waals surface area contributed by atoms with Gasteiger partial charge in [-0.25, -0.2) is 0 Å². The number of nitrogens with zero attached hydrogens (tertiary/aromatic N) is 2. The Kier molecular flexibility index (Phi) is 6.35. The van der Waals surface area contributed by atoms with Crippen LogP contribution in [0.4, 0.5) is 0 Å². The maximum atomic E-state index is 13.4. The van der Waals surface area contributed by atoms with Crippen LogP contribution >= 0.6 is 0 Å². The van der Waals surface area contributed by atoms with Gasteiger partial charge in [-0.1, -0.05) is 62.6 Å². The van der Waals surface area contributed by atoms with E-state index in [1.165, 1.54) is 6.42 Å². The lowest BCUT2D eigenvalue weighted by atomic mass is 9.95. The molecule has 1 aliphatic heterocycles. The van der Waals surface area contributed by atoms with E-state index in [0.717, 1.165) is 47.0 Å². The Bertz CT molecular complexity index is 1150. The minimum Gasteiger partial charge on any atom is -0.352 e. The van der Waals surface area contributed by atoms with Gasteiger partial charge in [0, 0.05) is 40.8 Å². The van der Waals surface area contributed by atoms with Crippen LogP contribution in [0.1, 0.15) is 72.8 Å². The van der Waals surface area contributed by atoms with E-state index in [-0.39, 0.29) is 30.4 Å². The van der Waals surface area contributed by atoms with Gasteiger partial charge < -0.3 is 14.8 Å². The maximum absolute atomic E-state index is 13.4. The summed E-state index contributed by atoms with van der Waals surface area (Å²) in [5.41, 5.74) is 5.00. The number of rotatable bonds is 8. The van der Waals surface area contributed by atoms with Crippen LogP contribution in [0.3, 0.4) is 0 Å². The van der Waals surface area contributed by atoms with Gasteiger partial charge in [0.25, 0.3) is 5.91 Å². The summed E-state index contributed by atoms with van der Waals surface area (Å²) >= 11 is 0. The number of fused-ring (bicyclic) bond motifs is 2. The zero-order chi connectivity index (χ0) is 22.8. The fourth-order valence-electron chi connectivity index (χ4n) is 4.99. The van der Waals surface area contributed by atoms with Crippen LogP contribution in [-0.4, -0.2) is 33.9 Å². The van der Waals surface area contributed by atoms with Gasteiger partial charge >= 0.3 is 0 Å². The highest BCUT2D eigenvalue weighted by atomic mass is 16.2. The van der Waals surface area contributed by atoms with Crippen molar-refractivity contribution < 1.29 is 9.59 Å². The minimum atomic E-state index is -0.272. The Hall–Kier alpha value is -3.08. The number of carbonyl (C=O) groups is 2. The van der Waals surface area contributed by atoms with Gasteiger partial charge in [0.1, 0.15) is 6.54 Å². The SMILES string of the molecule is CCCCC[C@@H](C)NC(=O)CN1C(=O)c2ccccc2[C@@H]1c1c(C)n(C)c2ccccc12. The molecule has 168 valence electrons. The molecule has 1 N–H and O–H groups in total. The highest BCUT2D eigenvalue weighted by Crippen LogP contribution is 2.43. The molecule has 2 heterocycles. The molecule has 0 saturated heterocycles. The second-order valence-corrected chi connectivity index (χ2v) is 8.96. The normalized spacial score (nSPS) is 16.4. The first-order valence-corrected chi connectivity index (χ1v) is 11.7. The molecule has 2 amide bonds. The number of amides is 2. The van der Waals surface area contributed by atoms with Gasteiger partial charge in [-0.15, -0.1) is 0 Å². The average Bonchev–Trinajstić information content (AvgIpc) is 3.19. The number of unbranched alkanes of at least 4 members (excludes halogenated alkanes) is 2. The van der Waals surface area contributed by atoms with Crippen molar-refractivity contribution in [3.8, 4) is 0 Å². The van der Waals surface area contributed by atoms with Gasteiger partial charge in [-0.05, 0) is 38.0 Å². The van der Waals surface area contributed by atoms with Crippen molar-refractivity contribution in [2.45, 2.75) is 58.5 Å². The molecule has 1 aliphatic rings. The Morgan fingerprint density at radius 3 is 2.59 bits per heavy atom. The number of hydrogen-bond acceptors (Lipinski definition) is 2. The van der Waals surface area contributed by atoms with E-state index in [9.17, 15) is 9.59 Å². The minimum absolute atomic E-state index is 0.0545. The lowest BCUT2D eigenvalue weighted by Gasteiger charge is -2.26. The molecule has 5 heteroatoms. The number of aryl methyl sites for hydroxylation is 1. The Morgan fingerprint density at radius 2 is 1.81 bits per heavy atom. The molecule has 2 aromatic carbocycles. The van der Waals surface area contributed by atoms with Crippen molar-refractivity contribution in [1.29, 1.82) is 0 Å². The molecule has 2 atom stereocenters. The highest BCUT2D eigenvalue weighted by Gasteiger charge is 2.40. The lowest BCUT2D eigenvalue weighted by molar-refractivity contribution is -0.122. The monoisotopic (exact) mass is 431 g/mol. The number of benzene rings is 2. The molecule has 0 radical (unpaired) electrons. The summed E-state index contributed by atoms with van der Waals surface area (Å²) in [4.78, 5) is 28.1. The van der Waals surface area contributed by atoms with E-state index in [1.54, 1.807) is 4.90 Å². The Labute approximate surface area is 190 Å². The molecule has 0 aliphatic carbocycles. The van der Waals surface area contributed by atoms with Crippen LogP contribution in [0.15, 0.2) is 48.5 Å². The van der Waals surface area contributed by atoms with E-state index in [0.29, 0.717) is 5.56 Å². The molecule has 0 unspecified atom stereocenters. The van der Waals surface area contributed by atoms with Crippen LogP contribution in [0.2, 0.25) is 0 Å². The fourth-order valence-corrected chi connectivity index (χ4v) is 4.99. The van der Waals surface area contributed by atoms with Gasteiger partial charge in [0.05, 0.1) is 6.04 Å². The van der Waals surface area contributed by atoms with Crippen molar-refractivity contribution in [2.75, 3.05) is 6.54 Å². The van der Waals surface area contributed by atoms with Crippen LogP contribution in [0, 0.1) is 6.92 Å². The van der Waals surface area contributed by atoms with E-state index in [2.05, 4.69) is 42.9 Å². The first-order chi connectivity index (χ1) is 15.4. The predicted molar refractivity (Wildman–Crippen MR) is 129 cm³/mol. The molecule has 0 fully saturated rings. The number of para-hydroxylation sites is 1. The van der Waals surface area contributed by atoms with Crippen molar-refractivity contribution >= 4 is 22.7 Å². The van der Waals surface area contributed by atoms with Crippen LogP contribution in [0.25, 0.3) is 10.9 Å². The maximum Gasteiger partial charge on any atom is 0.255 e. The van der Waals surface area contributed by atoms with E-state index in [1.807, 2.05) is 43.3 Å². The zero-order valence-electron chi connectivity index (χ0n) is 19.5. The van der Waals surface area contributed by atoms with Crippen molar-refractivity contribution in [1.82, 2.24) is 14.8 Å². The highest BCUT2D eigenvalue weighted by molar-refractivity contribution is 6.02. The van der Waals surface area contributed by atoms with E-state index >= 15 is 0 Å². The molecule has 3 aromatic rings. The van der Waals surface area contributed by atoms with Crippen LogP contribution in [0.5, 0.6) is 0 Å². The molecule has 5 nitrogen and oxygen atoms in total. The van der Waals surface area contributed by atoms with Crippen molar-refractivity contribution in [3.05, 3.63) is 70.9 Å². The van der Waals surface area contributed by atoms with E-state index < -0.39 is 0 Å². The third-order valence-corrected chi connectivity index (χ3v) is 6.74. The Balaban J connectivity index is 1.68. The first-order valence-electron chi connectivity index (χ1n) is 11.7. The fraction of sp³-hybridized carbons (Fsp3) is 0.407. The zero-order valence-corrected chi connectivity index (χ0v) is 19.5. The second kappa shape index (κ2) is 9.19. The number of aromatic nitrogens is 1. The quantitative estimate of drug-likeness (QED) is 0.504. The molecule has 32 heavy (non-hydrogen) atoms. The van der Waals surface area contributed by atoms with Crippen LogP contribution in [-0.2, 0) is 11.8 Å². The van der Waals surface area contributed by atoms with Crippen molar-refractivity contribution in [3.63, 3.8) is 0 Å². The summed E-state index contributed by atoms with van der Waals surface area (Å²) in [6.07, 6.45) is 4.39. The third kappa shape index (κ3) is 3.92. The smallest absolute Gasteiger partial charge is 0.255 e. The summed E-state index contributed by atoms with van der Waals surface area (Å²) in [6, 6.07) is 15.9. The standard InChI is InChI=1S/C27H33N3O2/c1-5-6-7-12-18(2)28-24(31)17-30-26(20-13-8-9-14-21(20)27(30)32)25-19(3)29(4)23-16-11-10-15-22(23)25/h8-11,13-16,18,26H,5-7,12,17H2,1-4H3,(H,28,31)/t18-,26-/m1/s1. The largest absolute Gasteiger partial charge is 0.352 e. The lowest BCUT2D eigenvalue weighted by Crippen LogP contribution is -2.42. The molecule has 0 saturated carbocycles. The number of nitrogens with one attached hydrogen (secondary N) is 1. The summed E-state index contributed by atoms with van der Waals surface area (Å²) in [5, 5.41) is 4.23. The molecular weight excluding hydrogens is 398 g/mol. The summed E-state index contributed by atoms with van der Waals surface area (Å²) in [5.74, 6) is -0.176. The van der Waals surface area contributed by atoms with Crippen LogP contribution < -0.4 is 5.32 Å². The molecule has 0 bridgehead atoms. The van der Waals surface area contributed by atoms with Gasteiger partial charge in [-0.3, -0.25) is 9.59 Å².